The molecule has 0 aromatic heterocycles. The number of ether oxygens (including phenoxy) is 1. The number of hydrogen-bond acceptors (Lipinski definition) is 4. The summed E-state index contributed by atoms with van der Waals surface area (Å²) in [7, 11) is 0. The van der Waals surface area contributed by atoms with E-state index >= 15 is 0 Å². The van der Waals surface area contributed by atoms with Gasteiger partial charge in [-0.3, -0.25) is 9.52 Å². The quantitative estimate of drug-likeness (QED) is 0.846. The highest BCUT2D eigenvalue weighted by atomic mass is 32.2. The van der Waals surface area contributed by atoms with E-state index in [1.165, 1.54) is 30.1 Å². The van der Waals surface area contributed by atoms with Crippen molar-refractivity contribution in [1.82, 2.24) is 4.72 Å². The number of carbonyl (C=O) groups is 1. The molecule has 0 spiro atoms. The van der Waals surface area contributed by atoms with Crippen LogP contribution in [-0.4, -0.2) is 23.9 Å². The van der Waals surface area contributed by atoms with Gasteiger partial charge in [0.05, 0.1) is 12.7 Å². The molecule has 1 aliphatic heterocycles. The molecule has 0 saturated heterocycles. The van der Waals surface area contributed by atoms with Gasteiger partial charge in [-0.25, -0.2) is 4.39 Å². The number of fused-ring (bicyclic) bond motifs is 1. The van der Waals surface area contributed by atoms with Crippen molar-refractivity contribution in [3.63, 3.8) is 0 Å². The minimum atomic E-state index is -0.556. The van der Waals surface area contributed by atoms with Crippen molar-refractivity contribution in [3.05, 3.63) is 53.3 Å². The van der Waals surface area contributed by atoms with Crippen LogP contribution in [-0.2, 0) is 0 Å². The number of aliphatic hydroxyl groups is 1. The van der Waals surface area contributed by atoms with Crippen molar-refractivity contribution in [2.45, 2.75) is 12.5 Å². The average molecular weight is 333 g/mol. The molecule has 0 bridgehead atoms. The number of halogens is 1. The van der Waals surface area contributed by atoms with Gasteiger partial charge in [-0.05, 0) is 35.4 Å². The highest BCUT2D eigenvalue weighted by molar-refractivity contribution is 7.97. The predicted molar refractivity (Wildman–Crippen MR) is 87.9 cm³/mol. The van der Waals surface area contributed by atoms with Gasteiger partial charge in [0.25, 0.3) is 5.91 Å². The molecule has 2 aromatic rings. The van der Waals surface area contributed by atoms with E-state index < -0.39 is 11.9 Å². The van der Waals surface area contributed by atoms with Crippen molar-refractivity contribution < 1.29 is 19.0 Å². The minimum absolute atomic E-state index is 0.286. The highest BCUT2D eigenvalue weighted by Gasteiger charge is 2.21. The molecule has 1 aliphatic rings. The van der Waals surface area contributed by atoms with Gasteiger partial charge in [0.2, 0.25) is 0 Å². The molecule has 1 amide bonds. The van der Waals surface area contributed by atoms with Crippen molar-refractivity contribution >= 4 is 17.9 Å². The standard InChI is InChI=1S/C17H16FNO3S/c1-23-19-17(21)12-5-3-11(18)9-14(12)10-2-4-13-15(20)6-7-22-16(13)8-10/h2-5,8-9,15,20H,6-7H2,1H3,(H,19,21)/t15-/m0/s1. The first kappa shape index (κ1) is 15.8. The molecule has 6 heteroatoms. The summed E-state index contributed by atoms with van der Waals surface area (Å²) in [4.78, 5) is 12.2. The number of amides is 1. The van der Waals surface area contributed by atoms with Gasteiger partial charge in [0.1, 0.15) is 11.6 Å². The van der Waals surface area contributed by atoms with Crippen molar-refractivity contribution in [2.24, 2.45) is 0 Å². The van der Waals surface area contributed by atoms with Gasteiger partial charge in [0, 0.05) is 23.8 Å². The molecule has 1 heterocycles. The zero-order valence-corrected chi connectivity index (χ0v) is 13.3. The van der Waals surface area contributed by atoms with Gasteiger partial charge in [-0.15, -0.1) is 0 Å². The molecule has 2 N–H and O–H groups in total. The summed E-state index contributed by atoms with van der Waals surface area (Å²) in [5.41, 5.74) is 2.26. The second-order valence-corrected chi connectivity index (χ2v) is 5.84. The summed E-state index contributed by atoms with van der Waals surface area (Å²) < 4.78 is 21.9. The Morgan fingerprint density at radius 1 is 1.35 bits per heavy atom. The van der Waals surface area contributed by atoms with Crippen LogP contribution in [0.25, 0.3) is 11.1 Å². The van der Waals surface area contributed by atoms with Crippen LogP contribution in [0.15, 0.2) is 36.4 Å². The Morgan fingerprint density at radius 3 is 2.96 bits per heavy atom. The van der Waals surface area contributed by atoms with E-state index in [9.17, 15) is 14.3 Å². The molecular formula is C17H16FNO3S. The molecule has 0 radical (unpaired) electrons. The topological polar surface area (TPSA) is 58.6 Å². The van der Waals surface area contributed by atoms with Gasteiger partial charge in [-0.1, -0.05) is 24.1 Å². The number of rotatable bonds is 3. The van der Waals surface area contributed by atoms with Gasteiger partial charge < -0.3 is 9.84 Å². The van der Waals surface area contributed by atoms with Gasteiger partial charge in [-0.2, -0.15) is 0 Å². The van der Waals surface area contributed by atoms with Crippen molar-refractivity contribution in [3.8, 4) is 16.9 Å². The fourth-order valence-corrected chi connectivity index (χ4v) is 2.93. The number of carbonyl (C=O) groups excluding carboxylic acids is 1. The zero-order chi connectivity index (χ0) is 16.4. The maximum absolute atomic E-state index is 13.7. The monoisotopic (exact) mass is 333 g/mol. The summed E-state index contributed by atoms with van der Waals surface area (Å²) in [6, 6.07) is 9.32. The first-order chi connectivity index (χ1) is 11.1. The Bertz CT molecular complexity index is 751. The average Bonchev–Trinajstić information content (AvgIpc) is 2.55. The lowest BCUT2D eigenvalue weighted by molar-refractivity contribution is 0.0985. The van der Waals surface area contributed by atoms with E-state index in [0.717, 1.165) is 0 Å². The van der Waals surface area contributed by atoms with Crippen LogP contribution in [0, 0.1) is 5.82 Å². The summed E-state index contributed by atoms with van der Waals surface area (Å²) in [6.45, 7) is 0.431. The first-order valence-corrected chi connectivity index (χ1v) is 8.40. The largest absolute Gasteiger partial charge is 0.493 e. The van der Waals surface area contributed by atoms with Gasteiger partial charge in [0.15, 0.2) is 0 Å². The summed E-state index contributed by atoms with van der Waals surface area (Å²) in [6.07, 6.45) is 1.74. The van der Waals surface area contributed by atoms with E-state index in [0.29, 0.717) is 41.0 Å². The van der Waals surface area contributed by atoms with Crippen LogP contribution in [0.3, 0.4) is 0 Å². The van der Waals surface area contributed by atoms with Crippen LogP contribution >= 0.6 is 11.9 Å². The number of nitrogens with one attached hydrogen (secondary N) is 1. The third kappa shape index (κ3) is 3.18. The fourth-order valence-electron chi connectivity index (χ4n) is 2.64. The highest BCUT2D eigenvalue weighted by Crippen LogP contribution is 2.36. The van der Waals surface area contributed by atoms with Crippen LogP contribution in [0.4, 0.5) is 4.39 Å². The Hall–Kier alpha value is -2.05. The van der Waals surface area contributed by atoms with E-state index in [1.54, 1.807) is 24.5 Å². The minimum Gasteiger partial charge on any atom is -0.493 e. The predicted octanol–water partition coefficient (Wildman–Crippen LogP) is 3.32. The molecule has 4 nitrogen and oxygen atoms in total. The van der Waals surface area contributed by atoms with E-state index in [-0.39, 0.29) is 5.91 Å². The Labute approximate surface area is 137 Å². The van der Waals surface area contributed by atoms with E-state index in [4.69, 9.17) is 4.74 Å². The molecule has 1 atom stereocenters. The fraction of sp³-hybridized carbons (Fsp3) is 0.235. The molecular weight excluding hydrogens is 317 g/mol. The lowest BCUT2D eigenvalue weighted by Gasteiger charge is -2.23. The van der Waals surface area contributed by atoms with Crippen LogP contribution in [0.5, 0.6) is 5.75 Å². The molecule has 0 aliphatic carbocycles. The normalized spacial score (nSPS) is 16.4. The molecule has 0 unspecified atom stereocenters. The van der Waals surface area contributed by atoms with Gasteiger partial charge >= 0.3 is 0 Å². The maximum atomic E-state index is 13.7. The van der Waals surface area contributed by atoms with Crippen LogP contribution in [0.2, 0.25) is 0 Å². The van der Waals surface area contributed by atoms with E-state index in [2.05, 4.69) is 4.72 Å². The third-order valence-corrected chi connectivity index (χ3v) is 4.14. The molecule has 3 rings (SSSR count). The number of aliphatic hydroxyl groups excluding tert-OH is 1. The van der Waals surface area contributed by atoms with Crippen LogP contribution < -0.4 is 9.46 Å². The Kier molecular flexibility index (Phi) is 4.54. The number of benzene rings is 2. The second kappa shape index (κ2) is 6.60. The first-order valence-electron chi connectivity index (χ1n) is 7.18. The van der Waals surface area contributed by atoms with Crippen molar-refractivity contribution in [1.29, 1.82) is 0 Å². The summed E-state index contributed by atoms with van der Waals surface area (Å²) in [5.74, 6) is -0.132. The SMILES string of the molecule is CSNC(=O)c1ccc(F)cc1-c1ccc2c(c1)OCC[C@@H]2O. The lowest BCUT2D eigenvalue weighted by atomic mass is 9.95. The lowest BCUT2D eigenvalue weighted by Crippen LogP contribution is -2.16. The Balaban J connectivity index is 2.07. The molecule has 23 heavy (non-hydrogen) atoms. The smallest absolute Gasteiger partial charge is 0.261 e. The maximum Gasteiger partial charge on any atom is 0.261 e. The molecule has 2 aromatic carbocycles. The molecule has 120 valence electrons. The summed E-state index contributed by atoms with van der Waals surface area (Å²) in [5, 5.41) is 9.97. The zero-order valence-electron chi connectivity index (χ0n) is 12.5. The molecule has 0 saturated carbocycles. The second-order valence-electron chi connectivity index (χ2n) is 5.23. The van der Waals surface area contributed by atoms with E-state index in [1.807, 2.05) is 0 Å². The third-order valence-electron chi connectivity index (χ3n) is 3.75. The van der Waals surface area contributed by atoms with Crippen molar-refractivity contribution in [2.75, 3.05) is 12.9 Å². The summed E-state index contributed by atoms with van der Waals surface area (Å²) >= 11 is 1.18. The number of hydrogen-bond donors (Lipinski definition) is 2. The Morgan fingerprint density at radius 2 is 2.17 bits per heavy atom. The van der Waals surface area contributed by atoms with Crippen LogP contribution in [0.1, 0.15) is 28.4 Å². The molecule has 0 fully saturated rings.